The van der Waals surface area contributed by atoms with Crippen LogP contribution in [-0.2, 0) is 0 Å². The van der Waals surface area contributed by atoms with Gasteiger partial charge in [0.15, 0.2) is 5.17 Å². The summed E-state index contributed by atoms with van der Waals surface area (Å²) in [6, 6.07) is 0. The zero-order chi connectivity index (χ0) is 9.84. The first-order valence-electron chi connectivity index (χ1n) is 4.10. The number of halogens is 2. The van der Waals surface area contributed by atoms with Crippen molar-refractivity contribution in [1.29, 1.82) is 0 Å². The molecule has 0 unspecified atom stereocenters. The minimum Gasteiger partial charge on any atom is -0.357 e. The van der Waals surface area contributed by atoms with E-state index in [0.29, 0.717) is 5.17 Å². The second-order valence-electron chi connectivity index (χ2n) is 2.50. The van der Waals surface area contributed by atoms with Crippen molar-refractivity contribution in [1.82, 2.24) is 15.0 Å². The average molecular weight is 223 g/mol. The second kappa shape index (κ2) is 4.58. The Morgan fingerprint density at radius 1 is 1.54 bits per heavy atom. The summed E-state index contributed by atoms with van der Waals surface area (Å²) in [5.41, 5.74) is 2.86. The monoisotopic (exact) mass is 222 g/mol. The molecule has 0 spiro atoms. The topological polar surface area (TPSA) is 30.9 Å². The van der Waals surface area contributed by atoms with Gasteiger partial charge >= 0.3 is 0 Å². The van der Waals surface area contributed by atoms with Crippen LogP contribution in [0.1, 0.15) is 13.8 Å². The van der Waals surface area contributed by atoms with E-state index in [1.165, 1.54) is 0 Å². The lowest BCUT2D eigenvalue weighted by molar-refractivity contribution is 0.277. The average Bonchev–Trinajstić information content (AvgIpc) is 2.04. The van der Waals surface area contributed by atoms with Gasteiger partial charge in [-0.15, -0.1) is 9.74 Å². The minimum absolute atomic E-state index is 0.371. The van der Waals surface area contributed by atoms with E-state index in [1.54, 1.807) is 6.08 Å². The van der Waals surface area contributed by atoms with E-state index < -0.39 is 0 Å². The quantitative estimate of drug-likeness (QED) is 0.738. The molecule has 0 amide bonds. The van der Waals surface area contributed by atoms with Gasteiger partial charge in [0.05, 0.1) is 11.8 Å². The van der Waals surface area contributed by atoms with Crippen LogP contribution in [0.25, 0.3) is 0 Å². The Kier molecular flexibility index (Phi) is 3.69. The normalized spacial score (nSPS) is 16.2. The lowest BCUT2D eigenvalue weighted by Crippen LogP contribution is -2.38. The van der Waals surface area contributed by atoms with Crippen molar-refractivity contribution >= 4 is 28.5 Å². The number of hydrogen-bond acceptors (Lipinski definition) is 4. The Labute approximate surface area is 87.9 Å². The number of rotatable bonds is 3. The molecule has 0 aromatic carbocycles. The molecule has 0 radical (unpaired) electrons. The zero-order valence-electron chi connectivity index (χ0n) is 7.59. The molecule has 1 rings (SSSR count). The molecule has 0 bridgehead atoms. The summed E-state index contributed by atoms with van der Waals surface area (Å²) in [4.78, 5) is 2.09. The van der Waals surface area contributed by atoms with E-state index in [-0.39, 0.29) is 0 Å². The summed E-state index contributed by atoms with van der Waals surface area (Å²) in [7, 11) is 0. The van der Waals surface area contributed by atoms with E-state index in [0.717, 1.165) is 23.5 Å². The molecule has 13 heavy (non-hydrogen) atoms. The van der Waals surface area contributed by atoms with Gasteiger partial charge in [-0.1, -0.05) is 11.6 Å². The molecule has 0 saturated heterocycles. The van der Waals surface area contributed by atoms with Crippen LogP contribution in [0.15, 0.2) is 17.0 Å². The SMILES string of the molecule is CCN(CC)C1=CC(Cl)=NN(Cl)N1. The van der Waals surface area contributed by atoms with Crippen LogP contribution in [0.2, 0.25) is 0 Å². The molecular weight excluding hydrogens is 211 g/mol. The van der Waals surface area contributed by atoms with Gasteiger partial charge in [0, 0.05) is 19.2 Å². The second-order valence-corrected chi connectivity index (χ2v) is 3.20. The minimum atomic E-state index is 0.371. The molecule has 0 aromatic rings. The summed E-state index contributed by atoms with van der Waals surface area (Å²) in [5.74, 6) is 0.861. The highest BCUT2D eigenvalue weighted by Gasteiger charge is 2.13. The number of allylic oxidation sites excluding steroid dienone is 1. The van der Waals surface area contributed by atoms with Crippen LogP contribution < -0.4 is 5.43 Å². The first-order valence-corrected chi connectivity index (χ1v) is 4.82. The summed E-state index contributed by atoms with van der Waals surface area (Å²) < 4.78 is 1.08. The molecule has 4 nitrogen and oxygen atoms in total. The van der Waals surface area contributed by atoms with Gasteiger partial charge in [-0.25, -0.2) is 0 Å². The van der Waals surface area contributed by atoms with Crippen molar-refractivity contribution in [2.24, 2.45) is 5.10 Å². The highest BCUT2D eigenvalue weighted by Crippen LogP contribution is 2.10. The molecule has 0 fully saturated rings. The molecule has 0 saturated carbocycles. The van der Waals surface area contributed by atoms with Gasteiger partial charge < -0.3 is 4.90 Å². The first-order chi connectivity index (χ1) is 6.17. The van der Waals surface area contributed by atoms with E-state index in [2.05, 4.69) is 29.3 Å². The predicted molar refractivity (Wildman–Crippen MR) is 55.1 cm³/mol. The number of hydrazone groups is 1. The first kappa shape index (κ1) is 10.5. The molecule has 1 aliphatic rings. The van der Waals surface area contributed by atoms with Crippen molar-refractivity contribution in [3.05, 3.63) is 11.9 Å². The zero-order valence-corrected chi connectivity index (χ0v) is 9.10. The van der Waals surface area contributed by atoms with Crippen LogP contribution in [0, 0.1) is 0 Å². The van der Waals surface area contributed by atoms with Gasteiger partial charge in [-0.2, -0.15) is 0 Å². The Morgan fingerprint density at radius 2 is 2.15 bits per heavy atom. The predicted octanol–water partition coefficient (Wildman–Crippen LogP) is 1.70. The van der Waals surface area contributed by atoms with Crippen molar-refractivity contribution in [3.63, 3.8) is 0 Å². The fraction of sp³-hybridized carbons (Fsp3) is 0.571. The fourth-order valence-electron chi connectivity index (χ4n) is 1.10. The molecule has 0 atom stereocenters. The smallest absolute Gasteiger partial charge is 0.156 e. The molecule has 0 aromatic heterocycles. The van der Waals surface area contributed by atoms with Gasteiger partial charge in [0.1, 0.15) is 5.82 Å². The van der Waals surface area contributed by atoms with Gasteiger partial charge in [0.2, 0.25) is 0 Å². The fourth-order valence-corrected chi connectivity index (χ4v) is 1.49. The Balaban J connectivity index is 2.74. The molecule has 1 aliphatic heterocycles. The number of hydrogen-bond donors (Lipinski definition) is 1. The van der Waals surface area contributed by atoms with Gasteiger partial charge in [-0.05, 0) is 13.8 Å². The Hall–Kier alpha value is -0.610. The molecule has 1 N–H and O–H groups in total. The van der Waals surface area contributed by atoms with Crippen LogP contribution >= 0.6 is 23.4 Å². The third kappa shape index (κ3) is 2.67. The maximum atomic E-state index is 5.75. The summed E-state index contributed by atoms with van der Waals surface area (Å²) in [6.07, 6.45) is 1.74. The molecule has 1 heterocycles. The Morgan fingerprint density at radius 3 is 2.62 bits per heavy atom. The summed E-state index contributed by atoms with van der Waals surface area (Å²) >= 11 is 11.4. The van der Waals surface area contributed by atoms with Crippen molar-refractivity contribution < 1.29 is 0 Å². The molecule has 74 valence electrons. The highest BCUT2D eigenvalue weighted by atomic mass is 35.5. The van der Waals surface area contributed by atoms with Gasteiger partial charge in [-0.3, -0.25) is 5.43 Å². The Bertz CT molecular complexity index is 235. The molecule has 6 heteroatoms. The van der Waals surface area contributed by atoms with E-state index in [4.69, 9.17) is 23.4 Å². The molecule has 0 aliphatic carbocycles. The van der Waals surface area contributed by atoms with Crippen LogP contribution in [0.4, 0.5) is 0 Å². The van der Waals surface area contributed by atoms with Crippen LogP contribution in [0.3, 0.4) is 0 Å². The van der Waals surface area contributed by atoms with E-state index in [9.17, 15) is 0 Å². The third-order valence-corrected chi connectivity index (χ3v) is 2.09. The van der Waals surface area contributed by atoms with E-state index >= 15 is 0 Å². The maximum absolute atomic E-state index is 5.75. The van der Waals surface area contributed by atoms with Crippen LogP contribution in [-0.4, -0.2) is 27.8 Å². The van der Waals surface area contributed by atoms with Gasteiger partial charge in [0.25, 0.3) is 0 Å². The standard InChI is InChI=1S/C7H12Cl2N4/c1-3-12(4-2)7-5-6(8)10-13(9)11-7/h5,11H,3-4H2,1-2H3. The van der Waals surface area contributed by atoms with Crippen molar-refractivity contribution in [2.45, 2.75) is 13.8 Å². The summed E-state index contributed by atoms with van der Waals surface area (Å²) in [6.45, 7) is 5.91. The lowest BCUT2D eigenvalue weighted by atomic mass is 10.4. The lowest BCUT2D eigenvalue weighted by Gasteiger charge is -2.28. The number of nitrogens with zero attached hydrogens (tertiary/aromatic N) is 3. The highest BCUT2D eigenvalue weighted by molar-refractivity contribution is 6.68. The maximum Gasteiger partial charge on any atom is 0.156 e. The van der Waals surface area contributed by atoms with E-state index in [1.807, 2.05) is 0 Å². The summed E-state index contributed by atoms with van der Waals surface area (Å²) in [5, 5.41) is 4.12. The number of nitrogens with one attached hydrogen (secondary N) is 1. The number of hydrazine groups is 1. The molecular formula is C7H12Cl2N4. The van der Waals surface area contributed by atoms with Crippen molar-refractivity contribution in [3.8, 4) is 0 Å². The largest absolute Gasteiger partial charge is 0.357 e. The van der Waals surface area contributed by atoms with Crippen molar-refractivity contribution in [2.75, 3.05) is 13.1 Å². The van der Waals surface area contributed by atoms with Crippen LogP contribution in [0.5, 0.6) is 0 Å². The third-order valence-electron chi connectivity index (χ3n) is 1.75.